The van der Waals surface area contributed by atoms with Crippen LogP contribution < -0.4 is 11.1 Å². The van der Waals surface area contributed by atoms with Gasteiger partial charge in [-0.2, -0.15) is 0 Å². The van der Waals surface area contributed by atoms with Crippen molar-refractivity contribution in [1.82, 2.24) is 5.32 Å². The van der Waals surface area contributed by atoms with Gasteiger partial charge in [0.15, 0.2) is 0 Å². The maximum atomic E-state index is 11.9. The lowest BCUT2D eigenvalue weighted by atomic mass is 10.0. The first-order valence-electron chi connectivity index (χ1n) is 6.21. The van der Waals surface area contributed by atoms with Crippen LogP contribution in [0.15, 0.2) is 0 Å². The van der Waals surface area contributed by atoms with E-state index in [1.165, 1.54) is 0 Å². The Balaban J connectivity index is 2.42. The lowest BCUT2D eigenvalue weighted by Gasteiger charge is -2.22. The minimum Gasteiger partial charge on any atom is -0.394 e. The Morgan fingerprint density at radius 1 is 1.50 bits per heavy atom. The first kappa shape index (κ1) is 13.5. The molecule has 16 heavy (non-hydrogen) atoms. The molecule has 1 saturated carbocycles. The van der Waals surface area contributed by atoms with Crippen molar-refractivity contribution >= 4 is 5.91 Å². The van der Waals surface area contributed by atoms with E-state index >= 15 is 0 Å². The van der Waals surface area contributed by atoms with Crippen LogP contribution in [-0.2, 0) is 4.79 Å². The van der Waals surface area contributed by atoms with Gasteiger partial charge in [-0.1, -0.05) is 20.3 Å². The molecule has 0 spiro atoms. The molecule has 3 atom stereocenters. The molecule has 1 aliphatic carbocycles. The monoisotopic (exact) mass is 228 g/mol. The number of carbonyl (C=O) groups is 1. The largest absolute Gasteiger partial charge is 0.394 e. The van der Waals surface area contributed by atoms with Crippen molar-refractivity contribution in [2.75, 3.05) is 6.61 Å². The number of hydrogen-bond donors (Lipinski definition) is 3. The summed E-state index contributed by atoms with van der Waals surface area (Å²) in [4.78, 5) is 11.9. The zero-order chi connectivity index (χ0) is 12.1. The average molecular weight is 228 g/mol. The van der Waals surface area contributed by atoms with Gasteiger partial charge >= 0.3 is 0 Å². The van der Waals surface area contributed by atoms with Gasteiger partial charge in [-0.05, 0) is 25.2 Å². The van der Waals surface area contributed by atoms with Crippen LogP contribution in [0, 0.1) is 11.8 Å². The van der Waals surface area contributed by atoms with Crippen LogP contribution >= 0.6 is 0 Å². The van der Waals surface area contributed by atoms with Crippen LogP contribution in [0.25, 0.3) is 0 Å². The van der Waals surface area contributed by atoms with Crippen molar-refractivity contribution in [2.45, 2.75) is 51.6 Å². The fraction of sp³-hybridized carbons (Fsp3) is 0.917. The molecule has 4 nitrogen and oxygen atoms in total. The van der Waals surface area contributed by atoms with E-state index in [0.29, 0.717) is 5.92 Å². The van der Waals surface area contributed by atoms with Gasteiger partial charge in [0.2, 0.25) is 5.91 Å². The molecule has 1 fully saturated rings. The molecule has 4 N–H and O–H groups in total. The van der Waals surface area contributed by atoms with Gasteiger partial charge in [0, 0.05) is 6.04 Å². The Morgan fingerprint density at radius 3 is 2.62 bits per heavy atom. The van der Waals surface area contributed by atoms with Crippen molar-refractivity contribution < 1.29 is 9.90 Å². The number of amides is 1. The molecular formula is C12H24N2O2. The van der Waals surface area contributed by atoms with E-state index in [1.807, 2.05) is 0 Å². The van der Waals surface area contributed by atoms with Gasteiger partial charge in [-0.15, -0.1) is 0 Å². The highest BCUT2D eigenvalue weighted by molar-refractivity contribution is 5.80. The second-order valence-electron chi connectivity index (χ2n) is 5.22. The highest BCUT2D eigenvalue weighted by Crippen LogP contribution is 2.24. The quantitative estimate of drug-likeness (QED) is 0.646. The van der Waals surface area contributed by atoms with Crippen LogP contribution in [0.1, 0.15) is 39.5 Å². The molecule has 0 heterocycles. The fourth-order valence-corrected chi connectivity index (χ4v) is 2.37. The van der Waals surface area contributed by atoms with Gasteiger partial charge in [-0.3, -0.25) is 4.79 Å². The Labute approximate surface area is 97.6 Å². The molecule has 1 amide bonds. The smallest absolute Gasteiger partial charge is 0.224 e. The van der Waals surface area contributed by atoms with Crippen molar-refractivity contribution in [1.29, 1.82) is 0 Å². The van der Waals surface area contributed by atoms with E-state index in [4.69, 9.17) is 5.73 Å². The molecule has 0 aromatic heterocycles. The molecule has 0 aromatic carbocycles. The van der Waals surface area contributed by atoms with Crippen LogP contribution in [-0.4, -0.2) is 29.7 Å². The molecule has 1 aliphatic rings. The van der Waals surface area contributed by atoms with Crippen LogP contribution in [0.2, 0.25) is 0 Å². The lowest BCUT2D eigenvalue weighted by Crippen LogP contribution is -2.45. The van der Waals surface area contributed by atoms with Crippen molar-refractivity contribution in [3.63, 3.8) is 0 Å². The number of nitrogens with two attached hydrogens (primary N) is 1. The summed E-state index contributed by atoms with van der Waals surface area (Å²) in [7, 11) is 0. The van der Waals surface area contributed by atoms with Crippen molar-refractivity contribution in [2.24, 2.45) is 17.6 Å². The summed E-state index contributed by atoms with van der Waals surface area (Å²) in [5.74, 6) is 0.431. The standard InChI is InChI=1S/C12H24N2O2/c1-8(2)6-9(7-15)14-12(16)10-4-3-5-11(10)13/h8-11,15H,3-7,13H2,1-2H3,(H,14,16). The summed E-state index contributed by atoms with van der Waals surface area (Å²) < 4.78 is 0. The van der Waals surface area contributed by atoms with E-state index in [-0.39, 0.29) is 30.5 Å². The summed E-state index contributed by atoms with van der Waals surface area (Å²) in [6.07, 6.45) is 3.66. The summed E-state index contributed by atoms with van der Waals surface area (Å²) in [6.45, 7) is 4.16. The molecule has 0 aliphatic heterocycles. The first-order chi connectivity index (χ1) is 7.54. The summed E-state index contributed by atoms with van der Waals surface area (Å²) >= 11 is 0. The van der Waals surface area contributed by atoms with Crippen molar-refractivity contribution in [3.05, 3.63) is 0 Å². The molecule has 0 aromatic rings. The molecule has 0 saturated heterocycles. The normalized spacial score (nSPS) is 27.1. The summed E-state index contributed by atoms with van der Waals surface area (Å²) in [6, 6.07) is -0.126. The molecule has 0 bridgehead atoms. The third-order valence-corrected chi connectivity index (χ3v) is 3.23. The summed E-state index contributed by atoms with van der Waals surface area (Å²) in [5, 5.41) is 12.1. The number of hydrogen-bond acceptors (Lipinski definition) is 3. The third-order valence-electron chi connectivity index (χ3n) is 3.23. The van der Waals surface area contributed by atoms with Gasteiger partial charge < -0.3 is 16.2 Å². The second kappa shape index (κ2) is 6.21. The number of carbonyl (C=O) groups excluding carboxylic acids is 1. The topological polar surface area (TPSA) is 75.3 Å². The maximum Gasteiger partial charge on any atom is 0.224 e. The van der Waals surface area contributed by atoms with Crippen LogP contribution in [0.4, 0.5) is 0 Å². The summed E-state index contributed by atoms with van der Waals surface area (Å²) in [5.41, 5.74) is 5.87. The average Bonchev–Trinajstić information content (AvgIpc) is 2.62. The van der Waals surface area contributed by atoms with E-state index < -0.39 is 0 Å². The number of aliphatic hydroxyl groups excluding tert-OH is 1. The molecule has 0 radical (unpaired) electrons. The SMILES string of the molecule is CC(C)CC(CO)NC(=O)C1CCCC1N. The Hall–Kier alpha value is -0.610. The number of aliphatic hydroxyl groups is 1. The van der Waals surface area contributed by atoms with Gasteiger partial charge in [-0.25, -0.2) is 0 Å². The van der Waals surface area contributed by atoms with Gasteiger partial charge in [0.25, 0.3) is 0 Å². The number of rotatable bonds is 5. The molecule has 4 heteroatoms. The van der Waals surface area contributed by atoms with Gasteiger partial charge in [0.05, 0.1) is 18.6 Å². The van der Waals surface area contributed by atoms with Gasteiger partial charge in [0.1, 0.15) is 0 Å². The second-order valence-corrected chi connectivity index (χ2v) is 5.22. The minimum absolute atomic E-state index is 0.00149. The van der Waals surface area contributed by atoms with E-state index in [2.05, 4.69) is 19.2 Å². The van der Waals surface area contributed by atoms with E-state index in [9.17, 15) is 9.90 Å². The Bertz CT molecular complexity index is 231. The highest BCUT2D eigenvalue weighted by Gasteiger charge is 2.31. The lowest BCUT2D eigenvalue weighted by molar-refractivity contribution is -0.126. The zero-order valence-electron chi connectivity index (χ0n) is 10.3. The zero-order valence-corrected chi connectivity index (χ0v) is 10.3. The van der Waals surface area contributed by atoms with Crippen LogP contribution in [0.3, 0.4) is 0 Å². The maximum absolute atomic E-state index is 11.9. The first-order valence-corrected chi connectivity index (χ1v) is 6.21. The Morgan fingerprint density at radius 2 is 2.19 bits per heavy atom. The van der Waals surface area contributed by atoms with E-state index in [0.717, 1.165) is 25.7 Å². The predicted octanol–water partition coefficient (Wildman–Crippen LogP) is 0.637. The highest BCUT2D eigenvalue weighted by atomic mass is 16.3. The molecule has 3 unspecified atom stereocenters. The predicted molar refractivity (Wildman–Crippen MR) is 63.8 cm³/mol. The van der Waals surface area contributed by atoms with Crippen molar-refractivity contribution in [3.8, 4) is 0 Å². The molecule has 1 rings (SSSR count). The minimum atomic E-state index is -0.125. The third kappa shape index (κ3) is 3.76. The molecule has 94 valence electrons. The van der Waals surface area contributed by atoms with E-state index in [1.54, 1.807) is 0 Å². The molecular weight excluding hydrogens is 204 g/mol. The fourth-order valence-electron chi connectivity index (χ4n) is 2.37. The Kier molecular flexibility index (Phi) is 5.22. The number of nitrogens with one attached hydrogen (secondary N) is 1. The van der Waals surface area contributed by atoms with Crippen LogP contribution in [0.5, 0.6) is 0 Å².